The molecule has 4 nitrogen and oxygen atoms in total. The molecule has 19 heavy (non-hydrogen) atoms. The fourth-order valence-electron chi connectivity index (χ4n) is 2.42. The predicted molar refractivity (Wildman–Crippen MR) is 71.9 cm³/mol. The third kappa shape index (κ3) is 3.04. The van der Waals surface area contributed by atoms with Crippen molar-refractivity contribution in [3.8, 4) is 0 Å². The van der Waals surface area contributed by atoms with E-state index in [0.717, 1.165) is 18.7 Å². The number of rotatable bonds is 3. The van der Waals surface area contributed by atoms with E-state index in [9.17, 15) is 9.18 Å². The van der Waals surface area contributed by atoms with Crippen LogP contribution in [0.3, 0.4) is 0 Å². The summed E-state index contributed by atoms with van der Waals surface area (Å²) in [7, 11) is 3.33. The number of nitrogens with zero attached hydrogens (tertiary/aromatic N) is 1. The Morgan fingerprint density at radius 2 is 2.26 bits per heavy atom. The number of carbonyl (C=O) groups excluding carboxylic acids is 1. The van der Waals surface area contributed by atoms with Crippen molar-refractivity contribution in [1.82, 2.24) is 4.90 Å². The van der Waals surface area contributed by atoms with Crippen LogP contribution in [0.5, 0.6) is 0 Å². The molecule has 1 aromatic rings. The fraction of sp³-hybridized carbons (Fsp3) is 0.500. The Morgan fingerprint density at radius 3 is 2.84 bits per heavy atom. The van der Waals surface area contributed by atoms with E-state index in [1.165, 1.54) is 19.2 Å². The smallest absolute Gasteiger partial charge is 0.340 e. The summed E-state index contributed by atoms with van der Waals surface area (Å²) in [6.45, 7) is 3.11. The number of halogens is 1. The Bertz CT molecular complexity index is 469. The second-order valence-electron chi connectivity index (χ2n) is 5.05. The van der Waals surface area contributed by atoms with Gasteiger partial charge in [-0.15, -0.1) is 0 Å². The lowest BCUT2D eigenvalue weighted by molar-refractivity contribution is 0.0595. The Morgan fingerprint density at radius 1 is 1.53 bits per heavy atom. The summed E-state index contributed by atoms with van der Waals surface area (Å²) < 4.78 is 18.1. The van der Waals surface area contributed by atoms with Gasteiger partial charge >= 0.3 is 5.97 Å². The van der Waals surface area contributed by atoms with Gasteiger partial charge in [0.15, 0.2) is 0 Å². The molecule has 1 aromatic carbocycles. The molecule has 1 heterocycles. The molecule has 1 fully saturated rings. The van der Waals surface area contributed by atoms with E-state index in [2.05, 4.69) is 28.9 Å². The lowest BCUT2D eigenvalue weighted by Gasteiger charge is -2.15. The molecule has 1 aliphatic heterocycles. The molecule has 0 radical (unpaired) electrons. The summed E-state index contributed by atoms with van der Waals surface area (Å²) in [4.78, 5) is 13.7. The number of benzene rings is 1. The average molecular weight is 266 g/mol. The number of likely N-dealkylation sites (N-methyl/N-ethyl adjacent to an activating group) is 1. The molecule has 0 bridgehead atoms. The molecule has 0 amide bonds. The summed E-state index contributed by atoms with van der Waals surface area (Å²) in [5, 5.41) is 3.33. The second kappa shape index (κ2) is 5.57. The highest BCUT2D eigenvalue weighted by Gasteiger charge is 2.26. The van der Waals surface area contributed by atoms with Gasteiger partial charge in [-0.1, -0.05) is 0 Å². The van der Waals surface area contributed by atoms with Gasteiger partial charge in [0.05, 0.1) is 12.7 Å². The predicted octanol–water partition coefficient (Wildman–Crippen LogP) is 2.12. The zero-order valence-electron chi connectivity index (χ0n) is 11.4. The zero-order valence-corrected chi connectivity index (χ0v) is 11.4. The van der Waals surface area contributed by atoms with E-state index in [-0.39, 0.29) is 5.56 Å². The van der Waals surface area contributed by atoms with Crippen LogP contribution in [0.25, 0.3) is 0 Å². The van der Waals surface area contributed by atoms with Crippen LogP contribution in [0.2, 0.25) is 0 Å². The SMILES string of the molecule is COC(=O)c1cc(NC2CC(C)N(C)C2)ccc1F. The molecule has 2 rings (SSSR count). The minimum absolute atomic E-state index is 0.0353. The van der Waals surface area contributed by atoms with Crippen LogP contribution in [0.1, 0.15) is 23.7 Å². The number of anilines is 1. The zero-order chi connectivity index (χ0) is 14.0. The third-order valence-corrected chi connectivity index (χ3v) is 3.63. The van der Waals surface area contributed by atoms with E-state index < -0.39 is 11.8 Å². The van der Waals surface area contributed by atoms with E-state index in [1.54, 1.807) is 6.07 Å². The summed E-state index contributed by atoms with van der Waals surface area (Å²) in [5.74, 6) is -1.22. The van der Waals surface area contributed by atoms with Gasteiger partial charge < -0.3 is 15.0 Å². The maximum atomic E-state index is 13.5. The largest absolute Gasteiger partial charge is 0.465 e. The van der Waals surface area contributed by atoms with E-state index in [0.29, 0.717) is 12.1 Å². The molecule has 0 aliphatic carbocycles. The number of esters is 1. The van der Waals surface area contributed by atoms with Gasteiger partial charge in [-0.05, 0) is 38.6 Å². The van der Waals surface area contributed by atoms with Crippen molar-refractivity contribution in [1.29, 1.82) is 0 Å². The molecule has 1 aliphatic rings. The lowest BCUT2D eigenvalue weighted by atomic mass is 10.1. The van der Waals surface area contributed by atoms with Crippen molar-refractivity contribution in [3.05, 3.63) is 29.6 Å². The second-order valence-corrected chi connectivity index (χ2v) is 5.05. The van der Waals surface area contributed by atoms with Crippen LogP contribution in [0.4, 0.5) is 10.1 Å². The Labute approximate surface area is 112 Å². The minimum Gasteiger partial charge on any atom is -0.465 e. The van der Waals surface area contributed by atoms with Crippen molar-refractivity contribution < 1.29 is 13.9 Å². The van der Waals surface area contributed by atoms with Crippen LogP contribution in [-0.2, 0) is 4.74 Å². The standard InChI is InChI=1S/C14H19FN2O2/c1-9-6-11(8-17(9)2)16-10-4-5-13(15)12(7-10)14(18)19-3/h4-5,7,9,11,16H,6,8H2,1-3H3. The number of carbonyl (C=O) groups is 1. The molecular weight excluding hydrogens is 247 g/mol. The first-order valence-corrected chi connectivity index (χ1v) is 6.36. The Kier molecular flexibility index (Phi) is 4.04. The number of hydrogen-bond acceptors (Lipinski definition) is 4. The maximum absolute atomic E-state index is 13.5. The number of nitrogens with one attached hydrogen (secondary N) is 1. The van der Waals surface area contributed by atoms with Crippen LogP contribution in [0, 0.1) is 5.82 Å². The van der Waals surface area contributed by atoms with Crippen LogP contribution in [0.15, 0.2) is 18.2 Å². The molecule has 104 valence electrons. The van der Waals surface area contributed by atoms with Gasteiger partial charge in [-0.25, -0.2) is 9.18 Å². The molecule has 2 unspecified atom stereocenters. The van der Waals surface area contributed by atoms with Gasteiger partial charge in [0.2, 0.25) is 0 Å². The molecular formula is C14H19FN2O2. The number of hydrogen-bond donors (Lipinski definition) is 1. The monoisotopic (exact) mass is 266 g/mol. The molecule has 0 aromatic heterocycles. The molecule has 2 atom stereocenters. The molecule has 1 N–H and O–H groups in total. The normalized spacial score (nSPS) is 23.4. The van der Waals surface area contributed by atoms with Gasteiger partial charge in [-0.2, -0.15) is 0 Å². The van der Waals surface area contributed by atoms with Gasteiger partial charge in [-0.3, -0.25) is 0 Å². The molecule has 1 saturated heterocycles. The van der Waals surface area contributed by atoms with Crippen LogP contribution < -0.4 is 5.32 Å². The first-order chi connectivity index (χ1) is 9.01. The minimum atomic E-state index is -0.655. The van der Waals surface area contributed by atoms with Gasteiger partial charge in [0.1, 0.15) is 5.82 Å². The third-order valence-electron chi connectivity index (χ3n) is 3.63. The van der Waals surface area contributed by atoms with Crippen molar-refractivity contribution in [2.45, 2.75) is 25.4 Å². The lowest BCUT2D eigenvalue weighted by Crippen LogP contribution is -2.25. The van der Waals surface area contributed by atoms with Crippen LogP contribution >= 0.6 is 0 Å². The van der Waals surface area contributed by atoms with Crippen LogP contribution in [-0.4, -0.2) is 43.7 Å². The quantitative estimate of drug-likeness (QED) is 0.851. The average Bonchev–Trinajstić information content (AvgIpc) is 2.69. The number of likely N-dealkylation sites (tertiary alicyclic amines) is 1. The van der Waals surface area contributed by atoms with Crippen molar-refractivity contribution in [2.75, 3.05) is 26.0 Å². The highest BCUT2D eigenvalue weighted by atomic mass is 19.1. The summed E-state index contributed by atoms with van der Waals surface area (Å²) >= 11 is 0. The first-order valence-electron chi connectivity index (χ1n) is 6.36. The van der Waals surface area contributed by atoms with E-state index >= 15 is 0 Å². The number of methoxy groups -OCH3 is 1. The molecule has 5 heteroatoms. The van der Waals surface area contributed by atoms with E-state index in [1.807, 2.05) is 0 Å². The number of ether oxygens (including phenoxy) is 1. The van der Waals surface area contributed by atoms with Crippen molar-refractivity contribution >= 4 is 11.7 Å². The first kappa shape index (κ1) is 13.8. The fourth-order valence-corrected chi connectivity index (χ4v) is 2.42. The topological polar surface area (TPSA) is 41.6 Å². The summed E-state index contributed by atoms with van der Waals surface area (Å²) in [6, 6.07) is 5.28. The van der Waals surface area contributed by atoms with Gasteiger partial charge in [0.25, 0.3) is 0 Å². The summed E-state index contributed by atoms with van der Waals surface area (Å²) in [6.07, 6.45) is 1.03. The van der Waals surface area contributed by atoms with E-state index in [4.69, 9.17) is 0 Å². The molecule has 0 spiro atoms. The summed E-state index contributed by atoms with van der Waals surface area (Å²) in [5.41, 5.74) is 0.709. The highest BCUT2D eigenvalue weighted by molar-refractivity contribution is 5.90. The maximum Gasteiger partial charge on any atom is 0.340 e. The Hall–Kier alpha value is -1.62. The van der Waals surface area contributed by atoms with Crippen molar-refractivity contribution in [2.24, 2.45) is 0 Å². The highest BCUT2D eigenvalue weighted by Crippen LogP contribution is 2.21. The molecule has 0 saturated carbocycles. The van der Waals surface area contributed by atoms with Gasteiger partial charge in [0, 0.05) is 24.3 Å². The van der Waals surface area contributed by atoms with Crippen molar-refractivity contribution in [3.63, 3.8) is 0 Å². The Balaban J connectivity index is 2.11.